The minimum atomic E-state index is -0.104. The van der Waals surface area contributed by atoms with Gasteiger partial charge in [-0.3, -0.25) is 4.79 Å². The first-order chi connectivity index (χ1) is 9.11. The van der Waals surface area contributed by atoms with Crippen molar-refractivity contribution >= 4 is 5.91 Å². The maximum Gasteiger partial charge on any atom is 0.234 e. The number of amides is 1. The number of fused-ring (bicyclic) bond motifs is 2. The topological polar surface area (TPSA) is 41.1 Å². The predicted molar refractivity (Wildman–Crippen MR) is 83.5 cm³/mol. The summed E-state index contributed by atoms with van der Waals surface area (Å²) < 4.78 is 0. The van der Waals surface area contributed by atoms with Crippen molar-refractivity contribution in [1.29, 1.82) is 0 Å². The van der Waals surface area contributed by atoms with Crippen LogP contribution >= 0.6 is 0 Å². The number of nitrogens with one attached hydrogen (secondary N) is 2. The first kappa shape index (κ1) is 15.8. The molecule has 2 rings (SSSR count). The van der Waals surface area contributed by atoms with E-state index in [1.807, 2.05) is 0 Å². The molecule has 0 spiro atoms. The molecule has 2 N–H and O–H groups in total. The quantitative estimate of drug-likeness (QED) is 0.812. The van der Waals surface area contributed by atoms with E-state index in [-0.39, 0.29) is 11.4 Å². The Morgan fingerprint density at radius 3 is 2.45 bits per heavy atom. The number of carbonyl (C=O) groups is 1. The molecule has 3 unspecified atom stereocenters. The van der Waals surface area contributed by atoms with Gasteiger partial charge in [0.15, 0.2) is 0 Å². The molecule has 0 aromatic carbocycles. The monoisotopic (exact) mass is 280 g/mol. The molecule has 0 aromatic heterocycles. The Hall–Kier alpha value is -0.570. The van der Waals surface area contributed by atoms with Gasteiger partial charge in [-0.1, -0.05) is 27.7 Å². The lowest BCUT2D eigenvalue weighted by Gasteiger charge is -2.43. The van der Waals surface area contributed by atoms with Gasteiger partial charge in [0.1, 0.15) is 0 Å². The first-order valence-corrected chi connectivity index (χ1v) is 8.15. The highest BCUT2D eigenvalue weighted by Gasteiger charge is 2.58. The van der Waals surface area contributed by atoms with Gasteiger partial charge in [-0.2, -0.15) is 0 Å². The maximum absolute atomic E-state index is 12.1. The lowest BCUT2D eigenvalue weighted by molar-refractivity contribution is -0.122. The van der Waals surface area contributed by atoms with Gasteiger partial charge in [0.25, 0.3) is 0 Å². The lowest BCUT2D eigenvalue weighted by atomic mass is 9.68. The predicted octanol–water partition coefficient (Wildman–Crippen LogP) is 3.10. The zero-order valence-corrected chi connectivity index (χ0v) is 14.1. The molecule has 2 fully saturated rings. The summed E-state index contributed by atoms with van der Waals surface area (Å²) in [7, 11) is 0. The summed E-state index contributed by atoms with van der Waals surface area (Å²) in [5.74, 6) is 0.944. The van der Waals surface area contributed by atoms with Crippen LogP contribution < -0.4 is 10.6 Å². The molecule has 0 radical (unpaired) electrons. The molecular formula is C17H32N2O. The molecule has 0 aromatic rings. The fraction of sp³-hybridized carbons (Fsp3) is 0.941. The second-order valence-electron chi connectivity index (χ2n) is 8.51. The van der Waals surface area contributed by atoms with E-state index in [9.17, 15) is 4.79 Å². The zero-order valence-electron chi connectivity index (χ0n) is 14.1. The van der Waals surface area contributed by atoms with Crippen LogP contribution in [-0.4, -0.2) is 24.0 Å². The Bertz CT molecular complexity index is 384. The summed E-state index contributed by atoms with van der Waals surface area (Å²) in [6, 6.07) is 0.462. The van der Waals surface area contributed by atoms with Crippen LogP contribution in [0.15, 0.2) is 0 Å². The Kier molecular flexibility index (Phi) is 3.96. The number of rotatable bonds is 5. The molecule has 2 saturated carbocycles. The van der Waals surface area contributed by atoms with Crippen molar-refractivity contribution in [3.8, 4) is 0 Å². The van der Waals surface area contributed by atoms with E-state index in [0.29, 0.717) is 23.4 Å². The number of hydrogen-bond acceptors (Lipinski definition) is 2. The van der Waals surface area contributed by atoms with Crippen LogP contribution in [0.1, 0.15) is 67.2 Å². The van der Waals surface area contributed by atoms with Crippen molar-refractivity contribution in [1.82, 2.24) is 10.6 Å². The van der Waals surface area contributed by atoms with Gasteiger partial charge in [-0.05, 0) is 56.3 Å². The summed E-state index contributed by atoms with van der Waals surface area (Å²) in [6.45, 7) is 13.8. The van der Waals surface area contributed by atoms with E-state index in [2.05, 4.69) is 52.2 Å². The van der Waals surface area contributed by atoms with Crippen LogP contribution in [-0.2, 0) is 4.79 Å². The molecule has 0 aliphatic heterocycles. The van der Waals surface area contributed by atoms with Crippen LogP contribution in [0.25, 0.3) is 0 Å². The molecule has 2 aliphatic carbocycles. The largest absolute Gasteiger partial charge is 0.350 e. The van der Waals surface area contributed by atoms with Gasteiger partial charge in [0.05, 0.1) is 6.54 Å². The van der Waals surface area contributed by atoms with Gasteiger partial charge >= 0.3 is 0 Å². The lowest BCUT2D eigenvalue weighted by Crippen LogP contribution is -2.54. The summed E-state index contributed by atoms with van der Waals surface area (Å²) >= 11 is 0. The summed E-state index contributed by atoms with van der Waals surface area (Å²) in [5.41, 5.74) is 0.592. The molecule has 3 atom stereocenters. The maximum atomic E-state index is 12.1. The van der Waals surface area contributed by atoms with Gasteiger partial charge < -0.3 is 10.6 Å². The molecule has 0 saturated heterocycles. The third kappa shape index (κ3) is 2.74. The second kappa shape index (κ2) is 5.01. The minimum Gasteiger partial charge on any atom is -0.350 e. The normalized spacial score (nSPS) is 35.3. The highest BCUT2D eigenvalue weighted by molar-refractivity contribution is 5.78. The van der Waals surface area contributed by atoms with E-state index in [0.717, 1.165) is 12.3 Å². The highest BCUT2D eigenvalue weighted by atomic mass is 16.2. The van der Waals surface area contributed by atoms with Crippen molar-refractivity contribution < 1.29 is 4.79 Å². The fourth-order valence-electron chi connectivity index (χ4n) is 4.52. The Labute approximate surface area is 124 Å². The molecular weight excluding hydrogens is 248 g/mol. The average molecular weight is 280 g/mol. The molecule has 3 nitrogen and oxygen atoms in total. The molecule has 2 bridgehead atoms. The van der Waals surface area contributed by atoms with Crippen LogP contribution in [0.5, 0.6) is 0 Å². The third-order valence-corrected chi connectivity index (χ3v) is 6.10. The fourth-order valence-corrected chi connectivity index (χ4v) is 4.52. The molecule has 0 heterocycles. The Morgan fingerprint density at radius 2 is 1.95 bits per heavy atom. The van der Waals surface area contributed by atoms with Crippen molar-refractivity contribution in [3.63, 3.8) is 0 Å². The van der Waals surface area contributed by atoms with Crippen molar-refractivity contribution in [2.45, 2.75) is 78.8 Å². The van der Waals surface area contributed by atoms with Gasteiger partial charge in [0, 0.05) is 11.6 Å². The number of carbonyl (C=O) groups excluding carboxylic acids is 1. The second-order valence-corrected chi connectivity index (χ2v) is 8.51. The minimum absolute atomic E-state index is 0.104. The smallest absolute Gasteiger partial charge is 0.234 e. The van der Waals surface area contributed by atoms with Gasteiger partial charge in [0.2, 0.25) is 5.91 Å². The zero-order chi connectivity index (χ0) is 15.2. The third-order valence-electron chi connectivity index (χ3n) is 6.10. The molecule has 1 amide bonds. The van der Waals surface area contributed by atoms with Gasteiger partial charge in [-0.25, -0.2) is 0 Å². The van der Waals surface area contributed by atoms with Crippen molar-refractivity contribution in [2.24, 2.45) is 16.7 Å². The van der Waals surface area contributed by atoms with E-state index < -0.39 is 0 Å². The van der Waals surface area contributed by atoms with Crippen molar-refractivity contribution in [3.05, 3.63) is 0 Å². The molecule has 2 aliphatic rings. The van der Waals surface area contributed by atoms with E-state index in [1.165, 1.54) is 19.3 Å². The number of hydrogen-bond donors (Lipinski definition) is 2. The van der Waals surface area contributed by atoms with Crippen LogP contribution in [0.4, 0.5) is 0 Å². The molecule has 3 heteroatoms. The van der Waals surface area contributed by atoms with E-state index >= 15 is 0 Å². The van der Waals surface area contributed by atoms with E-state index in [4.69, 9.17) is 0 Å². The summed E-state index contributed by atoms with van der Waals surface area (Å²) in [5, 5.41) is 6.69. The molecule has 20 heavy (non-hydrogen) atoms. The van der Waals surface area contributed by atoms with Crippen LogP contribution in [0.3, 0.4) is 0 Å². The van der Waals surface area contributed by atoms with Gasteiger partial charge in [-0.15, -0.1) is 0 Å². The summed E-state index contributed by atoms with van der Waals surface area (Å²) in [6.07, 6.45) is 4.94. The SMILES string of the molecule is CCC(C)(C)NC(=O)CNC1C2(C)CCC(C2)C1(C)C. The first-order valence-electron chi connectivity index (χ1n) is 8.15. The van der Waals surface area contributed by atoms with Crippen LogP contribution in [0, 0.1) is 16.7 Å². The molecule has 116 valence electrons. The summed E-state index contributed by atoms with van der Waals surface area (Å²) in [4.78, 5) is 12.1. The average Bonchev–Trinajstić information content (AvgIpc) is 2.79. The Morgan fingerprint density at radius 1 is 1.30 bits per heavy atom. The van der Waals surface area contributed by atoms with Crippen molar-refractivity contribution in [2.75, 3.05) is 6.54 Å². The Balaban J connectivity index is 1.93. The van der Waals surface area contributed by atoms with E-state index in [1.54, 1.807) is 0 Å². The highest BCUT2D eigenvalue weighted by Crippen LogP contribution is 2.62. The standard InChI is InChI=1S/C17H32N2O/c1-7-15(2,3)19-13(20)11-18-14-16(4,5)12-8-9-17(14,6)10-12/h12,14,18H,7-11H2,1-6H3,(H,19,20). The van der Waals surface area contributed by atoms with Crippen LogP contribution in [0.2, 0.25) is 0 Å².